The van der Waals surface area contributed by atoms with Gasteiger partial charge >= 0.3 is 0 Å². The summed E-state index contributed by atoms with van der Waals surface area (Å²) in [5.74, 6) is 3.61. The first-order chi connectivity index (χ1) is 11.1. The van der Waals surface area contributed by atoms with Crippen LogP contribution in [0.15, 0.2) is 35.3 Å². The van der Waals surface area contributed by atoms with Crippen molar-refractivity contribution in [2.75, 3.05) is 32.4 Å². The second-order valence-corrected chi connectivity index (χ2v) is 8.18. The van der Waals surface area contributed by atoms with E-state index in [1.165, 1.54) is 6.42 Å². The van der Waals surface area contributed by atoms with E-state index in [-0.39, 0.29) is 0 Å². The topological polar surface area (TPSA) is 44.7 Å². The number of nitrogens with zero attached hydrogens (tertiary/aromatic N) is 2. The molecule has 0 saturated carbocycles. The van der Waals surface area contributed by atoms with Gasteiger partial charge in [0.25, 0.3) is 0 Å². The number of hydrogen-bond donors (Lipinski definition) is 1. The number of nitrogens with one attached hydrogen (secondary N) is 1. The Labute approximate surface area is 142 Å². The van der Waals surface area contributed by atoms with E-state index < -0.39 is 10.8 Å². The van der Waals surface area contributed by atoms with Crippen molar-refractivity contribution < 1.29 is 4.21 Å². The van der Waals surface area contributed by atoms with E-state index in [1.807, 2.05) is 37.4 Å². The molecule has 4 nitrogen and oxygen atoms in total. The molecule has 0 aliphatic carbocycles. The molecule has 2 rings (SSSR count). The van der Waals surface area contributed by atoms with Gasteiger partial charge in [0.05, 0.1) is 0 Å². The largest absolute Gasteiger partial charge is 0.355 e. The second kappa shape index (κ2) is 9.06. The average Bonchev–Trinajstić information content (AvgIpc) is 2.51. The summed E-state index contributed by atoms with van der Waals surface area (Å²) >= 11 is 0. The van der Waals surface area contributed by atoms with Gasteiger partial charge in [0.1, 0.15) is 0 Å². The van der Waals surface area contributed by atoms with Crippen LogP contribution in [0, 0.1) is 11.8 Å². The van der Waals surface area contributed by atoms with E-state index in [0.717, 1.165) is 24.6 Å². The van der Waals surface area contributed by atoms with Crippen molar-refractivity contribution in [3.63, 3.8) is 0 Å². The highest BCUT2D eigenvalue weighted by Gasteiger charge is 2.23. The molecule has 0 amide bonds. The Morgan fingerprint density at radius 2 is 1.91 bits per heavy atom. The van der Waals surface area contributed by atoms with Crippen LogP contribution in [0.3, 0.4) is 0 Å². The summed E-state index contributed by atoms with van der Waals surface area (Å²) in [6.07, 6.45) is 1.29. The Morgan fingerprint density at radius 1 is 1.26 bits per heavy atom. The number of guanidine groups is 1. The van der Waals surface area contributed by atoms with Crippen LogP contribution in [-0.4, -0.2) is 47.5 Å². The third kappa shape index (κ3) is 5.98. The van der Waals surface area contributed by atoms with Crippen LogP contribution < -0.4 is 5.32 Å². The molecule has 23 heavy (non-hydrogen) atoms. The summed E-state index contributed by atoms with van der Waals surface area (Å²) in [6, 6.07) is 10.0. The zero-order chi connectivity index (χ0) is 16.7. The lowest BCUT2D eigenvalue weighted by atomic mass is 9.92. The van der Waals surface area contributed by atoms with Crippen molar-refractivity contribution in [2.24, 2.45) is 16.8 Å². The summed E-state index contributed by atoms with van der Waals surface area (Å²) < 4.78 is 12.2. The van der Waals surface area contributed by atoms with Gasteiger partial charge in [-0.05, 0) is 23.8 Å². The molecule has 0 aromatic heterocycles. The molecule has 5 heteroatoms. The maximum atomic E-state index is 12.2. The number of hydrogen-bond acceptors (Lipinski definition) is 2. The van der Waals surface area contributed by atoms with E-state index in [0.29, 0.717) is 29.9 Å². The van der Waals surface area contributed by atoms with E-state index >= 15 is 0 Å². The standard InChI is InChI=1S/C18H29N3OS/c1-15-11-16(2)13-21(12-15)18(19-3)20-9-10-23(22)14-17-7-5-4-6-8-17/h4-8,15-16H,9-14H2,1-3H3,(H,19,20). The number of benzene rings is 1. The van der Waals surface area contributed by atoms with Crippen LogP contribution >= 0.6 is 0 Å². The van der Waals surface area contributed by atoms with E-state index in [4.69, 9.17) is 0 Å². The molecule has 1 aliphatic heterocycles. The van der Waals surface area contributed by atoms with E-state index in [9.17, 15) is 4.21 Å². The van der Waals surface area contributed by atoms with Crippen LogP contribution in [-0.2, 0) is 16.6 Å². The number of piperidine rings is 1. The van der Waals surface area contributed by atoms with Gasteiger partial charge in [0, 0.05) is 49.0 Å². The summed E-state index contributed by atoms with van der Waals surface area (Å²) in [6.45, 7) is 7.40. The smallest absolute Gasteiger partial charge is 0.193 e. The SMILES string of the molecule is CN=C(NCCS(=O)Cc1ccccc1)N1CC(C)CC(C)C1. The fraction of sp³-hybridized carbons (Fsp3) is 0.611. The minimum atomic E-state index is -0.844. The summed E-state index contributed by atoms with van der Waals surface area (Å²) in [7, 11) is 0.982. The molecule has 0 bridgehead atoms. The lowest BCUT2D eigenvalue weighted by Crippen LogP contribution is -2.49. The van der Waals surface area contributed by atoms with Gasteiger partial charge in [-0.1, -0.05) is 44.2 Å². The van der Waals surface area contributed by atoms with Crippen LogP contribution in [0.1, 0.15) is 25.8 Å². The minimum absolute atomic E-state index is 0.624. The fourth-order valence-electron chi connectivity index (χ4n) is 3.28. The number of rotatable bonds is 5. The van der Waals surface area contributed by atoms with Gasteiger partial charge in [-0.15, -0.1) is 0 Å². The summed E-state index contributed by atoms with van der Waals surface area (Å²) in [5, 5.41) is 3.38. The van der Waals surface area contributed by atoms with E-state index in [2.05, 4.69) is 29.1 Å². The monoisotopic (exact) mass is 335 g/mol. The quantitative estimate of drug-likeness (QED) is 0.664. The van der Waals surface area contributed by atoms with Gasteiger partial charge in [0.2, 0.25) is 0 Å². The molecule has 1 N–H and O–H groups in total. The molecule has 1 heterocycles. The highest BCUT2D eigenvalue weighted by molar-refractivity contribution is 7.84. The molecule has 1 aromatic rings. The Kier molecular flexibility index (Phi) is 7.09. The molecule has 3 atom stereocenters. The molecule has 128 valence electrons. The van der Waals surface area contributed by atoms with Crippen molar-refractivity contribution >= 4 is 16.8 Å². The van der Waals surface area contributed by atoms with Gasteiger partial charge in [-0.25, -0.2) is 0 Å². The number of aliphatic imine (C=N–C) groups is 1. The fourth-order valence-corrected chi connectivity index (χ4v) is 4.32. The molecule has 0 spiro atoms. The normalized spacial score (nSPS) is 23.6. The van der Waals surface area contributed by atoms with Crippen molar-refractivity contribution in [2.45, 2.75) is 26.0 Å². The maximum Gasteiger partial charge on any atom is 0.193 e. The van der Waals surface area contributed by atoms with E-state index in [1.54, 1.807) is 0 Å². The minimum Gasteiger partial charge on any atom is -0.355 e. The Bertz CT molecular complexity index is 522. The molecule has 3 unspecified atom stereocenters. The Morgan fingerprint density at radius 3 is 2.52 bits per heavy atom. The Hall–Kier alpha value is -1.36. The molecule has 0 radical (unpaired) electrons. The van der Waals surface area contributed by atoms with Crippen molar-refractivity contribution in [3.8, 4) is 0 Å². The van der Waals surface area contributed by atoms with Crippen LogP contribution in [0.2, 0.25) is 0 Å². The zero-order valence-electron chi connectivity index (χ0n) is 14.5. The summed E-state index contributed by atoms with van der Waals surface area (Å²) in [4.78, 5) is 6.73. The highest BCUT2D eigenvalue weighted by Crippen LogP contribution is 2.20. The zero-order valence-corrected chi connectivity index (χ0v) is 15.3. The third-order valence-electron chi connectivity index (χ3n) is 4.16. The predicted molar refractivity (Wildman–Crippen MR) is 99.0 cm³/mol. The summed E-state index contributed by atoms with van der Waals surface area (Å²) in [5.41, 5.74) is 1.13. The predicted octanol–water partition coefficient (Wildman–Crippen LogP) is 2.49. The first-order valence-electron chi connectivity index (χ1n) is 8.43. The first-order valence-corrected chi connectivity index (χ1v) is 9.91. The molecule has 1 fully saturated rings. The van der Waals surface area contributed by atoms with Gasteiger partial charge < -0.3 is 10.2 Å². The van der Waals surface area contributed by atoms with Crippen molar-refractivity contribution in [3.05, 3.63) is 35.9 Å². The number of likely N-dealkylation sites (tertiary alicyclic amines) is 1. The first kappa shape index (κ1) is 18.0. The lowest BCUT2D eigenvalue weighted by molar-refractivity contribution is 0.209. The van der Waals surface area contributed by atoms with Crippen LogP contribution in [0.5, 0.6) is 0 Å². The van der Waals surface area contributed by atoms with Crippen LogP contribution in [0.25, 0.3) is 0 Å². The maximum absolute atomic E-state index is 12.2. The highest BCUT2D eigenvalue weighted by atomic mass is 32.2. The molecule has 1 aromatic carbocycles. The Balaban J connectivity index is 1.76. The molecule has 1 saturated heterocycles. The third-order valence-corrected chi connectivity index (χ3v) is 5.48. The average molecular weight is 336 g/mol. The van der Waals surface area contributed by atoms with Crippen molar-refractivity contribution in [1.82, 2.24) is 10.2 Å². The van der Waals surface area contributed by atoms with Crippen LogP contribution in [0.4, 0.5) is 0 Å². The van der Waals surface area contributed by atoms with Gasteiger partial charge in [-0.2, -0.15) is 0 Å². The van der Waals surface area contributed by atoms with Gasteiger partial charge in [-0.3, -0.25) is 9.20 Å². The second-order valence-electron chi connectivity index (χ2n) is 6.60. The van der Waals surface area contributed by atoms with Gasteiger partial charge in [0.15, 0.2) is 5.96 Å². The molecular weight excluding hydrogens is 306 g/mol. The molecule has 1 aliphatic rings. The molecular formula is C18H29N3OS. The van der Waals surface area contributed by atoms with Crippen molar-refractivity contribution in [1.29, 1.82) is 0 Å². The lowest BCUT2D eigenvalue weighted by Gasteiger charge is -2.37.